The molecule has 2 heteroatoms. The minimum Gasteiger partial charge on any atom is -0.382 e. The molecular formula is C17H28BN. The lowest BCUT2D eigenvalue weighted by Crippen LogP contribution is -2.20. The van der Waals surface area contributed by atoms with Crippen LogP contribution in [0.5, 0.6) is 0 Å². The van der Waals surface area contributed by atoms with Gasteiger partial charge in [-0.1, -0.05) is 70.0 Å². The number of nitrogens with one attached hydrogen (secondary N) is 1. The molecule has 1 aromatic rings. The molecule has 0 amide bonds. The Hall–Kier alpha value is -0.915. The van der Waals surface area contributed by atoms with Gasteiger partial charge in [0.15, 0.2) is 0 Å². The van der Waals surface area contributed by atoms with Gasteiger partial charge in [0.25, 0.3) is 0 Å². The van der Waals surface area contributed by atoms with Crippen LogP contribution in [0.3, 0.4) is 0 Å². The number of benzene rings is 1. The van der Waals surface area contributed by atoms with Gasteiger partial charge in [-0.05, 0) is 25.0 Å². The van der Waals surface area contributed by atoms with Crippen LogP contribution < -0.4 is 10.8 Å². The standard InChI is InChI=1S/C17H28BN/c1-3-5-7-11-16(12-8-6-4-2)19-17-13-9-10-15(18)14-17/h9-10,13-14,16,19H,3-8,11-12H2,1-2H3. The fourth-order valence-electron chi connectivity index (χ4n) is 2.43. The van der Waals surface area contributed by atoms with Crippen molar-refractivity contribution in [3.05, 3.63) is 24.3 Å². The lowest BCUT2D eigenvalue weighted by Gasteiger charge is -2.20. The van der Waals surface area contributed by atoms with Gasteiger partial charge in [0.2, 0.25) is 0 Å². The molecule has 1 nitrogen and oxygen atoms in total. The Morgan fingerprint density at radius 1 is 1.00 bits per heavy atom. The predicted molar refractivity (Wildman–Crippen MR) is 87.5 cm³/mol. The Kier molecular flexibility index (Phi) is 8.45. The van der Waals surface area contributed by atoms with Gasteiger partial charge in [0.1, 0.15) is 7.85 Å². The van der Waals surface area contributed by atoms with Gasteiger partial charge in [0.05, 0.1) is 0 Å². The van der Waals surface area contributed by atoms with E-state index in [0.29, 0.717) is 6.04 Å². The van der Waals surface area contributed by atoms with Crippen molar-refractivity contribution in [1.82, 2.24) is 0 Å². The van der Waals surface area contributed by atoms with Gasteiger partial charge in [0, 0.05) is 11.7 Å². The van der Waals surface area contributed by atoms with Crippen molar-refractivity contribution in [2.24, 2.45) is 0 Å². The van der Waals surface area contributed by atoms with Gasteiger partial charge < -0.3 is 5.32 Å². The summed E-state index contributed by atoms with van der Waals surface area (Å²) in [6.45, 7) is 4.52. The third-order valence-electron chi connectivity index (χ3n) is 3.57. The largest absolute Gasteiger partial charge is 0.382 e. The molecule has 0 atom stereocenters. The molecule has 104 valence electrons. The van der Waals surface area contributed by atoms with E-state index in [4.69, 9.17) is 7.85 Å². The van der Waals surface area contributed by atoms with Crippen LogP contribution in [0.2, 0.25) is 0 Å². The second kappa shape index (κ2) is 9.94. The third-order valence-corrected chi connectivity index (χ3v) is 3.57. The Bertz CT molecular complexity index is 328. The Balaban J connectivity index is 2.46. The lowest BCUT2D eigenvalue weighted by atomic mass is 9.95. The van der Waals surface area contributed by atoms with Gasteiger partial charge in [-0.25, -0.2) is 0 Å². The van der Waals surface area contributed by atoms with E-state index >= 15 is 0 Å². The molecule has 1 rings (SSSR count). The first-order chi connectivity index (χ1) is 9.26. The average molecular weight is 257 g/mol. The fraction of sp³-hybridized carbons (Fsp3) is 0.647. The molecule has 0 aliphatic rings. The molecule has 0 heterocycles. The van der Waals surface area contributed by atoms with E-state index in [9.17, 15) is 0 Å². The van der Waals surface area contributed by atoms with Crippen LogP contribution >= 0.6 is 0 Å². The summed E-state index contributed by atoms with van der Waals surface area (Å²) in [6, 6.07) is 8.71. The van der Waals surface area contributed by atoms with E-state index in [1.807, 2.05) is 18.2 Å². The fourth-order valence-corrected chi connectivity index (χ4v) is 2.43. The molecule has 0 aliphatic carbocycles. The van der Waals surface area contributed by atoms with Gasteiger partial charge in [-0.2, -0.15) is 0 Å². The smallest absolute Gasteiger partial charge is 0.113 e. The monoisotopic (exact) mass is 257 g/mol. The highest BCUT2D eigenvalue weighted by Crippen LogP contribution is 2.16. The molecule has 0 aromatic heterocycles. The third kappa shape index (κ3) is 7.30. The zero-order valence-electron chi connectivity index (χ0n) is 12.6. The zero-order chi connectivity index (χ0) is 13.9. The Morgan fingerprint density at radius 2 is 1.63 bits per heavy atom. The van der Waals surface area contributed by atoms with Crippen LogP contribution in [0, 0.1) is 0 Å². The van der Waals surface area contributed by atoms with Crippen LogP contribution in [0.1, 0.15) is 65.2 Å². The van der Waals surface area contributed by atoms with Crippen molar-refractivity contribution in [3.63, 3.8) is 0 Å². The number of unbranched alkanes of at least 4 members (excludes halogenated alkanes) is 4. The normalized spacial score (nSPS) is 10.9. The van der Waals surface area contributed by atoms with Gasteiger partial charge in [-0.3, -0.25) is 0 Å². The number of hydrogen-bond donors (Lipinski definition) is 1. The number of hydrogen-bond acceptors (Lipinski definition) is 1. The van der Waals surface area contributed by atoms with Crippen molar-refractivity contribution in [1.29, 1.82) is 0 Å². The van der Waals surface area contributed by atoms with Crippen molar-refractivity contribution >= 4 is 19.0 Å². The summed E-state index contributed by atoms with van der Waals surface area (Å²) in [4.78, 5) is 0. The van der Waals surface area contributed by atoms with E-state index in [2.05, 4.69) is 25.2 Å². The first-order valence-corrected chi connectivity index (χ1v) is 7.88. The minimum absolute atomic E-state index is 0.597. The average Bonchev–Trinajstić information content (AvgIpc) is 2.39. The van der Waals surface area contributed by atoms with Crippen molar-refractivity contribution in [2.45, 2.75) is 71.3 Å². The molecule has 1 aromatic carbocycles. The molecule has 0 saturated heterocycles. The van der Waals surface area contributed by atoms with Crippen molar-refractivity contribution in [2.75, 3.05) is 5.32 Å². The summed E-state index contributed by atoms with van der Waals surface area (Å²) in [5, 5.41) is 3.66. The summed E-state index contributed by atoms with van der Waals surface area (Å²) in [5.41, 5.74) is 2.00. The summed E-state index contributed by atoms with van der Waals surface area (Å²) in [6.07, 6.45) is 10.4. The van der Waals surface area contributed by atoms with Gasteiger partial charge >= 0.3 is 0 Å². The molecule has 0 saturated carbocycles. The summed E-state index contributed by atoms with van der Waals surface area (Å²) < 4.78 is 0. The van der Waals surface area contributed by atoms with E-state index in [-0.39, 0.29) is 0 Å². The Morgan fingerprint density at radius 3 is 2.16 bits per heavy atom. The molecule has 0 fully saturated rings. The first kappa shape index (κ1) is 16.1. The van der Waals surface area contributed by atoms with Crippen LogP contribution in [-0.4, -0.2) is 13.9 Å². The van der Waals surface area contributed by atoms with Crippen LogP contribution in [0.15, 0.2) is 24.3 Å². The van der Waals surface area contributed by atoms with Crippen LogP contribution in [-0.2, 0) is 0 Å². The molecule has 0 spiro atoms. The topological polar surface area (TPSA) is 12.0 Å². The SMILES string of the molecule is [B]c1cccc(NC(CCCCC)CCCCC)c1. The lowest BCUT2D eigenvalue weighted by molar-refractivity contribution is 0.526. The van der Waals surface area contributed by atoms with Crippen molar-refractivity contribution < 1.29 is 0 Å². The maximum atomic E-state index is 5.84. The first-order valence-electron chi connectivity index (χ1n) is 7.88. The van der Waals surface area contributed by atoms with Crippen LogP contribution in [0.4, 0.5) is 5.69 Å². The molecule has 2 radical (unpaired) electrons. The van der Waals surface area contributed by atoms with E-state index in [1.165, 1.54) is 51.4 Å². The molecule has 0 aliphatic heterocycles. The highest BCUT2D eigenvalue weighted by atomic mass is 14.9. The second-order valence-corrected chi connectivity index (χ2v) is 5.46. The quantitative estimate of drug-likeness (QED) is 0.483. The van der Waals surface area contributed by atoms with E-state index in [0.717, 1.165) is 11.2 Å². The summed E-state index contributed by atoms with van der Waals surface area (Å²) in [5.74, 6) is 0. The molecule has 0 bridgehead atoms. The predicted octanol–water partition coefficient (Wildman–Crippen LogP) is 4.42. The van der Waals surface area contributed by atoms with Crippen LogP contribution in [0.25, 0.3) is 0 Å². The highest BCUT2D eigenvalue weighted by Gasteiger charge is 2.08. The van der Waals surface area contributed by atoms with Gasteiger partial charge in [-0.15, -0.1) is 0 Å². The number of rotatable bonds is 10. The summed E-state index contributed by atoms with van der Waals surface area (Å²) in [7, 11) is 5.84. The maximum absolute atomic E-state index is 5.84. The molecule has 0 unspecified atom stereocenters. The highest BCUT2D eigenvalue weighted by molar-refractivity contribution is 6.32. The molecular weight excluding hydrogens is 229 g/mol. The molecule has 1 N–H and O–H groups in total. The number of anilines is 1. The van der Waals surface area contributed by atoms with E-state index in [1.54, 1.807) is 0 Å². The molecule has 19 heavy (non-hydrogen) atoms. The van der Waals surface area contributed by atoms with E-state index < -0.39 is 0 Å². The second-order valence-electron chi connectivity index (χ2n) is 5.46. The Labute approximate surface area is 120 Å². The maximum Gasteiger partial charge on any atom is 0.113 e. The summed E-state index contributed by atoms with van der Waals surface area (Å²) >= 11 is 0. The van der Waals surface area contributed by atoms with Crippen molar-refractivity contribution in [3.8, 4) is 0 Å². The zero-order valence-corrected chi connectivity index (χ0v) is 12.6. The minimum atomic E-state index is 0.597.